The van der Waals surface area contributed by atoms with E-state index in [2.05, 4.69) is 67.2 Å². The van der Waals surface area contributed by atoms with Crippen molar-refractivity contribution in [1.29, 1.82) is 0 Å². The Morgan fingerprint density at radius 3 is 2.54 bits per heavy atom. The number of aryl methyl sites for hydroxylation is 1. The lowest BCUT2D eigenvalue weighted by molar-refractivity contribution is 0.402. The summed E-state index contributed by atoms with van der Waals surface area (Å²) in [5.41, 5.74) is 7.90. The SMILES string of the molecule is Cc1ccc(-c2cncc(CN(C)C)c2)ccc(-c2nc3c(N4CCCCC4)cncc3[nH]2)n[nH]1. The van der Waals surface area contributed by atoms with Gasteiger partial charge in [-0.2, -0.15) is 5.10 Å². The van der Waals surface area contributed by atoms with Crippen LogP contribution in [0.5, 0.6) is 0 Å². The van der Waals surface area contributed by atoms with Crippen LogP contribution in [0.1, 0.15) is 30.5 Å². The van der Waals surface area contributed by atoms with Gasteiger partial charge in [0.15, 0.2) is 5.82 Å². The molecule has 4 aromatic rings. The summed E-state index contributed by atoms with van der Waals surface area (Å²) in [4.78, 5) is 21.9. The van der Waals surface area contributed by atoms with Crippen molar-refractivity contribution < 1.29 is 0 Å². The Hall–Kier alpha value is -3.78. The maximum atomic E-state index is 4.97. The van der Waals surface area contributed by atoms with Crippen LogP contribution in [0.3, 0.4) is 0 Å². The van der Waals surface area contributed by atoms with E-state index in [-0.39, 0.29) is 0 Å². The Bertz CT molecular complexity index is 1360. The largest absolute Gasteiger partial charge is 0.368 e. The smallest absolute Gasteiger partial charge is 0.159 e. The number of H-pyrrole nitrogens is 2. The van der Waals surface area contributed by atoms with E-state index in [1.54, 1.807) is 0 Å². The molecule has 4 aromatic heterocycles. The van der Waals surface area contributed by atoms with Crippen LogP contribution in [-0.4, -0.2) is 62.2 Å². The predicted octanol–water partition coefficient (Wildman–Crippen LogP) is 4.89. The first-order valence-electron chi connectivity index (χ1n) is 12.2. The monoisotopic (exact) mass is 468 g/mol. The van der Waals surface area contributed by atoms with Crippen LogP contribution >= 0.6 is 0 Å². The molecule has 0 aliphatic carbocycles. The maximum Gasteiger partial charge on any atom is 0.159 e. The summed E-state index contributed by atoms with van der Waals surface area (Å²) in [6.07, 6.45) is 11.3. The Kier molecular flexibility index (Phi) is 6.72. The highest BCUT2D eigenvalue weighted by molar-refractivity contribution is 5.89. The van der Waals surface area contributed by atoms with Crippen molar-refractivity contribution in [2.24, 2.45) is 0 Å². The Morgan fingerprint density at radius 2 is 1.71 bits per heavy atom. The number of aromatic nitrogens is 6. The number of nitrogens with zero attached hydrogens (tertiary/aromatic N) is 6. The Balaban J connectivity index is 1.57. The normalized spacial score (nSPS) is 13.9. The molecule has 0 saturated carbocycles. The van der Waals surface area contributed by atoms with Crippen molar-refractivity contribution in [2.75, 3.05) is 32.1 Å². The van der Waals surface area contributed by atoms with Gasteiger partial charge in [0.25, 0.3) is 0 Å². The average molecular weight is 469 g/mol. The summed E-state index contributed by atoms with van der Waals surface area (Å²) in [5, 5.41) is 7.79. The standard InChI is InChI=1S/C27H32N8/c1-19-7-8-21(22-13-20(14-28-15-22)18-34(2)3)9-10-23(33-32-19)27-30-24-16-29-17-25(26(24)31-27)35-11-5-4-6-12-35/h7-10,13-17,32H,4-6,11-12,18H2,1-3H3,(H,30,31). The molecule has 1 aliphatic rings. The molecule has 8 heteroatoms. The minimum absolute atomic E-state index is 0.712. The highest BCUT2D eigenvalue weighted by atomic mass is 15.2. The fraction of sp³-hybridized carbons (Fsp3) is 0.333. The Morgan fingerprint density at radius 1 is 0.914 bits per heavy atom. The number of pyridine rings is 2. The van der Waals surface area contributed by atoms with Crippen LogP contribution in [0, 0.1) is 6.92 Å². The lowest BCUT2D eigenvalue weighted by Crippen LogP contribution is -2.29. The van der Waals surface area contributed by atoms with Gasteiger partial charge in [0.05, 0.1) is 23.6 Å². The lowest BCUT2D eigenvalue weighted by Gasteiger charge is -2.28. The summed E-state index contributed by atoms with van der Waals surface area (Å²) in [6, 6.07) is 10.4. The van der Waals surface area contributed by atoms with E-state index in [1.165, 1.54) is 24.8 Å². The van der Waals surface area contributed by atoms with E-state index in [4.69, 9.17) is 4.98 Å². The molecule has 0 spiro atoms. The molecular formula is C27H32N8. The molecular weight excluding hydrogens is 436 g/mol. The quantitative estimate of drug-likeness (QED) is 0.433. The number of piperidine rings is 1. The molecule has 1 fully saturated rings. The first-order valence-corrected chi connectivity index (χ1v) is 12.2. The van der Waals surface area contributed by atoms with E-state index < -0.39 is 0 Å². The topological polar surface area (TPSA) is 89.6 Å². The number of aromatic amines is 2. The van der Waals surface area contributed by atoms with Gasteiger partial charge >= 0.3 is 0 Å². The van der Waals surface area contributed by atoms with Crippen LogP contribution in [0.15, 0.2) is 55.1 Å². The zero-order chi connectivity index (χ0) is 24.2. The summed E-state index contributed by atoms with van der Waals surface area (Å²) in [5.74, 6) is 0.712. The fourth-order valence-corrected chi connectivity index (χ4v) is 4.49. The highest BCUT2D eigenvalue weighted by Gasteiger charge is 2.17. The zero-order valence-corrected chi connectivity index (χ0v) is 20.6. The summed E-state index contributed by atoms with van der Waals surface area (Å²) in [6.45, 7) is 4.93. The lowest BCUT2D eigenvalue weighted by atomic mass is 10.1. The van der Waals surface area contributed by atoms with Crippen molar-refractivity contribution in [1.82, 2.24) is 35.0 Å². The minimum atomic E-state index is 0.712. The Labute approximate surface area is 205 Å². The van der Waals surface area contributed by atoms with Crippen LogP contribution < -0.4 is 4.90 Å². The summed E-state index contributed by atoms with van der Waals surface area (Å²) < 4.78 is 0. The minimum Gasteiger partial charge on any atom is -0.368 e. The molecule has 0 radical (unpaired) electrons. The van der Waals surface area contributed by atoms with Crippen molar-refractivity contribution >= 4 is 16.7 Å². The maximum absolute atomic E-state index is 4.97. The molecule has 2 N–H and O–H groups in total. The zero-order valence-electron chi connectivity index (χ0n) is 20.6. The molecule has 1 aliphatic heterocycles. The third-order valence-corrected chi connectivity index (χ3v) is 6.23. The van der Waals surface area contributed by atoms with Gasteiger partial charge < -0.3 is 14.8 Å². The molecule has 1 saturated heterocycles. The number of rotatable bonds is 5. The van der Waals surface area contributed by atoms with Crippen LogP contribution in [0.4, 0.5) is 5.69 Å². The van der Waals surface area contributed by atoms with E-state index in [9.17, 15) is 0 Å². The predicted molar refractivity (Wildman–Crippen MR) is 141 cm³/mol. The van der Waals surface area contributed by atoms with Crippen molar-refractivity contribution in [3.63, 3.8) is 0 Å². The second kappa shape index (κ2) is 10.2. The molecule has 0 aromatic carbocycles. The molecule has 0 bridgehead atoms. The van der Waals surface area contributed by atoms with Gasteiger partial charge in [-0.15, -0.1) is 0 Å². The van der Waals surface area contributed by atoms with Gasteiger partial charge in [-0.05, 0) is 69.6 Å². The average Bonchev–Trinajstić information content (AvgIpc) is 3.32. The number of anilines is 1. The third kappa shape index (κ3) is 5.33. The van der Waals surface area contributed by atoms with Gasteiger partial charge in [-0.25, -0.2) is 4.98 Å². The van der Waals surface area contributed by atoms with Crippen molar-refractivity contribution in [3.8, 4) is 22.6 Å². The van der Waals surface area contributed by atoms with Gasteiger partial charge in [0.1, 0.15) is 11.2 Å². The second-order valence-electron chi connectivity index (χ2n) is 9.42. The van der Waals surface area contributed by atoms with Gasteiger partial charge in [0, 0.05) is 43.3 Å². The van der Waals surface area contributed by atoms with Crippen LogP contribution in [0.25, 0.3) is 33.7 Å². The second-order valence-corrected chi connectivity index (χ2v) is 9.42. The number of nitrogens with one attached hydrogen (secondary N) is 2. The number of imidazole rings is 1. The molecule has 8 nitrogen and oxygen atoms in total. The first kappa shape index (κ1) is 23.0. The first-order chi connectivity index (χ1) is 17.1. The van der Waals surface area contributed by atoms with Crippen LogP contribution in [-0.2, 0) is 6.54 Å². The third-order valence-electron chi connectivity index (χ3n) is 6.23. The van der Waals surface area contributed by atoms with Gasteiger partial charge in [-0.1, -0.05) is 12.1 Å². The van der Waals surface area contributed by atoms with Gasteiger partial charge in [-0.3, -0.25) is 15.1 Å². The molecule has 0 amide bonds. The molecule has 5 heterocycles. The van der Waals surface area contributed by atoms with Crippen LogP contribution in [0.2, 0.25) is 0 Å². The molecule has 0 unspecified atom stereocenters. The number of hydrogen-bond donors (Lipinski definition) is 2. The number of hydrogen-bond acceptors (Lipinski definition) is 6. The molecule has 0 atom stereocenters. The summed E-state index contributed by atoms with van der Waals surface area (Å²) in [7, 11) is 4.12. The van der Waals surface area contributed by atoms with E-state index >= 15 is 0 Å². The van der Waals surface area contributed by atoms with Crippen molar-refractivity contribution in [3.05, 3.63) is 66.4 Å². The van der Waals surface area contributed by atoms with E-state index in [1.807, 2.05) is 43.8 Å². The molecule has 180 valence electrons. The number of fused-ring (bicyclic) bond motifs is 1. The highest BCUT2D eigenvalue weighted by Crippen LogP contribution is 2.29. The molecule has 35 heavy (non-hydrogen) atoms. The van der Waals surface area contributed by atoms with E-state index in [0.29, 0.717) is 5.82 Å². The van der Waals surface area contributed by atoms with Gasteiger partial charge in [0.2, 0.25) is 0 Å². The summed E-state index contributed by atoms with van der Waals surface area (Å²) >= 11 is 0. The fourth-order valence-electron chi connectivity index (χ4n) is 4.49. The van der Waals surface area contributed by atoms with E-state index in [0.717, 1.165) is 58.9 Å². The molecule has 5 rings (SSSR count). The van der Waals surface area contributed by atoms with Crippen molar-refractivity contribution in [2.45, 2.75) is 32.7 Å².